The van der Waals surface area contributed by atoms with E-state index >= 15 is 0 Å². The molecule has 0 saturated carbocycles. The molecule has 0 amide bonds. The van der Waals surface area contributed by atoms with Crippen molar-refractivity contribution in [3.05, 3.63) is 66.0 Å². The van der Waals surface area contributed by atoms with Gasteiger partial charge in [0.05, 0.1) is 6.61 Å². The number of thioether (sulfide) groups is 1. The highest BCUT2D eigenvalue weighted by atomic mass is 32.2. The van der Waals surface area contributed by atoms with Gasteiger partial charge < -0.3 is 9.47 Å². The lowest BCUT2D eigenvalue weighted by atomic mass is 10.2. The summed E-state index contributed by atoms with van der Waals surface area (Å²) in [5.74, 6) is 1.22. The second-order valence-corrected chi connectivity index (χ2v) is 7.86. The van der Waals surface area contributed by atoms with Crippen LogP contribution in [0.3, 0.4) is 0 Å². The standard InChI is InChI=1S/C22H25N3O3S/c1-4-14-27-21(26)17(3)29-22-24-23-20(25(22)18-11-6-5-7-12-18)15-28-19-13-9-8-10-16(19)2/h5-13,17H,4,14-15H2,1-3H3. The fourth-order valence-electron chi connectivity index (χ4n) is 2.69. The summed E-state index contributed by atoms with van der Waals surface area (Å²) >= 11 is 1.33. The van der Waals surface area contributed by atoms with Crippen molar-refractivity contribution in [1.29, 1.82) is 0 Å². The minimum Gasteiger partial charge on any atom is -0.485 e. The van der Waals surface area contributed by atoms with Crippen LogP contribution in [0.2, 0.25) is 0 Å². The molecule has 1 aromatic heterocycles. The van der Waals surface area contributed by atoms with Crippen LogP contribution in [0.25, 0.3) is 5.69 Å². The minimum absolute atomic E-state index is 0.253. The maximum atomic E-state index is 12.2. The molecule has 6 nitrogen and oxygen atoms in total. The average molecular weight is 412 g/mol. The second-order valence-electron chi connectivity index (χ2n) is 6.55. The fraction of sp³-hybridized carbons (Fsp3) is 0.318. The number of nitrogens with zero attached hydrogens (tertiary/aromatic N) is 3. The number of hydrogen-bond acceptors (Lipinski definition) is 6. The van der Waals surface area contributed by atoms with Gasteiger partial charge in [-0.25, -0.2) is 0 Å². The fourth-order valence-corrected chi connectivity index (χ4v) is 3.58. The van der Waals surface area contributed by atoms with E-state index in [9.17, 15) is 4.79 Å². The number of hydrogen-bond donors (Lipinski definition) is 0. The van der Waals surface area contributed by atoms with E-state index in [0.29, 0.717) is 17.6 Å². The van der Waals surface area contributed by atoms with Crippen LogP contribution < -0.4 is 4.74 Å². The molecule has 152 valence electrons. The van der Waals surface area contributed by atoms with E-state index in [4.69, 9.17) is 9.47 Å². The average Bonchev–Trinajstić information content (AvgIpc) is 3.14. The summed E-state index contributed by atoms with van der Waals surface area (Å²) in [5, 5.41) is 8.88. The molecule has 1 unspecified atom stereocenters. The predicted molar refractivity (Wildman–Crippen MR) is 113 cm³/mol. The molecule has 2 aromatic carbocycles. The minimum atomic E-state index is -0.390. The SMILES string of the molecule is CCCOC(=O)C(C)Sc1nnc(COc2ccccc2C)n1-c1ccccc1. The summed E-state index contributed by atoms with van der Waals surface area (Å²) in [6.07, 6.45) is 0.795. The smallest absolute Gasteiger partial charge is 0.319 e. The van der Waals surface area contributed by atoms with Gasteiger partial charge in [-0.15, -0.1) is 10.2 Å². The normalized spacial score (nSPS) is 11.8. The van der Waals surface area contributed by atoms with Crippen molar-refractivity contribution in [2.24, 2.45) is 0 Å². The van der Waals surface area contributed by atoms with Crippen molar-refractivity contribution < 1.29 is 14.3 Å². The van der Waals surface area contributed by atoms with E-state index in [0.717, 1.165) is 23.4 Å². The number of ether oxygens (including phenoxy) is 2. The van der Waals surface area contributed by atoms with Crippen LogP contribution in [0.4, 0.5) is 0 Å². The Morgan fingerprint density at radius 2 is 1.83 bits per heavy atom. The highest BCUT2D eigenvalue weighted by Crippen LogP contribution is 2.27. The van der Waals surface area contributed by atoms with Gasteiger partial charge >= 0.3 is 5.97 Å². The Morgan fingerprint density at radius 3 is 2.55 bits per heavy atom. The molecule has 0 aliphatic carbocycles. The summed E-state index contributed by atoms with van der Waals surface area (Å²) < 4.78 is 13.2. The molecular weight excluding hydrogens is 386 g/mol. The monoisotopic (exact) mass is 411 g/mol. The third-order valence-corrected chi connectivity index (χ3v) is 5.25. The van der Waals surface area contributed by atoms with Crippen LogP contribution in [-0.2, 0) is 16.1 Å². The topological polar surface area (TPSA) is 66.2 Å². The first kappa shape index (κ1) is 20.9. The van der Waals surface area contributed by atoms with Gasteiger partial charge in [0, 0.05) is 5.69 Å². The number of carbonyl (C=O) groups excluding carboxylic acids is 1. The lowest BCUT2D eigenvalue weighted by Crippen LogP contribution is -2.18. The lowest BCUT2D eigenvalue weighted by Gasteiger charge is -2.14. The first-order valence-corrected chi connectivity index (χ1v) is 10.5. The molecule has 7 heteroatoms. The van der Waals surface area contributed by atoms with Gasteiger partial charge in [0.1, 0.15) is 17.6 Å². The first-order valence-electron chi connectivity index (χ1n) is 9.61. The van der Waals surface area contributed by atoms with Crippen molar-refractivity contribution in [2.75, 3.05) is 6.61 Å². The van der Waals surface area contributed by atoms with Crippen LogP contribution in [0, 0.1) is 6.92 Å². The van der Waals surface area contributed by atoms with Gasteiger partial charge in [-0.2, -0.15) is 0 Å². The maximum absolute atomic E-state index is 12.2. The van der Waals surface area contributed by atoms with Gasteiger partial charge in [0.2, 0.25) is 0 Å². The summed E-state index contributed by atoms with van der Waals surface area (Å²) in [6, 6.07) is 17.7. The summed E-state index contributed by atoms with van der Waals surface area (Å²) in [5.41, 5.74) is 1.97. The molecular formula is C22H25N3O3S. The Morgan fingerprint density at radius 1 is 1.10 bits per heavy atom. The molecule has 0 spiro atoms. The molecule has 0 bridgehead atoms. The quantitative estimate of drug-likeness (QED) is 0.379. The molecule has 1 atom stereocenters. The van der Waals surface area contributed by atoms with Crippen molar-refractivity contribution in [2.45, 2.75) is 44.2 Å². The Balaban J connectivity index is 1.84. The highest BCUT2D eigenvalue weighted by Gasteiger charge is 2.22. The summed E-state index contributed by atoms with van der Waals surface area (Å²) in [7, 11) is 0. The number of benzene rings is 2. The van der Waals surface area contributed by atoms with Crippen LogP contribution >= 0.6 is 11.8 Å². The van der Waals surface area contributed by atoms with Crippen molar-refractivity contribution in [1.82, 2.24) is 14.8 Å². The van der Waals surface area contributed by atoms with Gasteiger partial charge in [0.25, 0.3) is 0 Å². The van der Waals surface area contributed by atoms with Crippen LogP contribution in [-0.4, -0.2) is 32.6 Å². The molecule has 0 aliphatic heterocycles. The maximum Gasteiger partial charge on any atom is 0.319 e. The van der Waals surface area contributed by atoms with Crippen LogP contribution in [0.5, 0.6) is 5.75 Å². The molecule has 0 N–H and O–H groups in total. The highest BCUT2D eigenvalue weighted by molar-refractivity contribution is 8.00. The molecule has 0 aliphatic rings. The third kappa shape index (κ3) is 5.38. The molecule has 0 fully saturated rings. The van der Waals surface area contributed by atoms with Gasteiger partial charge in [-0.3, -0.25) is 9.36 Å². The Labute approximate surface area is 175 Å². The van der Waals surface area contributed by atoms with Gasteiger partial charge in [0.15, 0.2) is 11.0 Å². The number of esters is 1. The van der Waals surface area contributed by atoms with Gasteiger partial charge in [-0.1, -0.05) is 55.1 Å². The van der Waals surface area contributed by atoms with Gasteiger partial charge in [-0.05, 0) is 44.0 Å². The largest absolute Gasteiger partial charge is 0.485 e. The van der Waals surface area contributed by atoms with Crippen molar-refractivity contribution in [3.63, 3.8) is 0 Å². The Bertz CT molecular complexity index is 943. The summed E-state index contributed by atoms with van der Waals surface area (Å²) in [6.45, 7) is 6.47. The van der Waals surface area contributed by atoms with E-state index in [1.165, 1.54) is 11.8 Å². The van der Waals surface area contributed by atoms with E-state index in [-0.39, 0.29) is 12.6 Å². The molecule has 3 rings (SSSR count). The van der Waals surface area contributed by atoms with E-state index < -0.39 is 5.25 Å². The number of aromatic nitrogens is 3. The second kappa shape index (κ2) is 10.1. The first-order chi connectivity index (χ1) is 14.1. The molecule has 0 radical (unpaired) electrons. The van der Waals surface area contributed by atoms with Crippen molar-refractivity contribution in [3.8, 4) is 11.4 Å². The number of para-hydroxylation sites is 2. The predicted octanol–water partition coefficient (Wildman–Crippen LogP) is 4.59. The lowest BCUT2D eigenvalue weighted by molar-refractivity contribution is -0.142. The zero-order chi connectivity index (χ0) is 20.6. The zero-order valence-electron chi connectivity index (χ0n) is 16.9. The zero-order valence-corrected chi connectivity index (χ0v) is 17.7. The molecule has 3 aromatic rings. The Kier molecular flexibility index (Phi) is 7.30. The van der Waals surface area contributed by atoms with Crippen molar-refractivity contribution >= 4 is 17.7 Å². The molecule has 1 heterocycles. The van der Waals surface area contributed by atoms with Crippen LogP contribution in [0.1, 0.15) is 31.7 Å². The number of carbonyl (C=O) groups is 1. The van der Waals surface area contributed by atoms with E-state index in [2.05, 4.69) is 10.2 Å². The van der Waals surface area contributed by atoms with E-state index in [1.54, 1.807) is 0 Å². The molecule has 0 saturated heterocycles. The third-order valence-electron chi connectivity index (χ3n) is 4.23. The van der Waals surface area contributed by atoms with Crippen LogP contribution in [0.15, 0.2) is 59.8 Å². The number of rotatable bonds is 9. The number of aryl methyl sites for hydroxylation is 1. The Hall–Kier alpha value is -2.80. The summed E-state index contributed by atoms with van der Waals surface area (Å²) in [4.78, 5) is 12.2. The van der Waals surface area contributed by atoms with E-state index in [1.807, 2.05) is 79.9 Å². The molecule has 29 heavy (non-hydrogen) atoms.